The van der Waals surface area contributed by atoms with Gasteiger partial charge < -0.3 is 9.64 Å². The molecule has 0 aromatic heterocycles. The Morgan fingerprint density at radius 1 is 1.29 bits per heavy atom. The van der Waals surface area contributed by atoms with Crippen LogP contribution in [0, 0.1) is 11.6 Å². The van der Waals surface area contributed by atoms with Crippen LogP contribution in [-0.2, 0) is 4.74 Å². The van der Waals surface area contributed by atoms with Crippen molar-refractivity contribution in [2.24, 2.45) is 0 Å². The van der Waals surface area contributed by atoms with E-state index in [9.17, 15) is 13.6 Å². The first-order chi connectivity index (χ1) is 9.65. The van der Waals surface area contributed by atoms with Crippen molar-refractivity contribution in [1.82, 2.24) is 4.90 Å². The van der Waals surface area contributed by atoms with Crippen molar-refractivity contribution in [3.8, 4) is 0 Å². The van der Waals surface area contributed by atoms with E-state index in [-0.39, 0.29) is 10.6 Å². The van der Waals surface area contributed by atoms with Gasteiger partial charge in [0.2, 0.25) is 0 Å². The normalized spacial score (nSPS) is 14.8. The van der Waals surface area contributed by atoms with Crippen molar-refractivity contribution in [1.29, 1.82) is 0 Å². The molecular formula is C15H16BrF2NO2. The van der Waals surface area contributed by atoms with Gasteiger partial charge >= 0.3 is 6.09 Å². The Bertz CT molecular complexity index is 577. The molecule has 0 saturated carbocycles. The van der Waals surface area contributed by atoms with Crippen LogP contribution in [0.5, 0.6) is 0 Å². The number of carbonyl (C=O) groups is 1. The third kappa shape index (κ3) is 4.03. The molecule has 0 N–H and O–H groups in total. The van der Waals surface area contributed by atoms with Gasteiger partial charge in [-0.3, -0.25) is 0 Å². The first kappa shape index (κ1) is 15.9. The van der Waals surface area contributed by atoms with Crippen LogP contribution in [0.1, 0.15) is 26.3 Å². The zero-order valence-electron chi connectivity index (χ0n) is 12.0. The molecule has 1 amide bonds. The molecule has 0 unspecified atom stereocenters. The van der Waals surface area contributed by atoms with Gasteiger partial charge in [0, 0.05) is 13.1 Å². The molecule has 1 saturated heterocycles. The van der Waals surface area contributed by atoms with Crippen molar-refractivity contribution >= 4 is 28.1 Å². The van der Waals surface area contributed by atoms with Crippen molar-refractivity contribution in [3.05, 3.63) is 39.4 Å². The van der Waals surface area contributed by atoms with E-state index in [0.29, 0.717) is 18.7 Å². The summed E-state index contributed by atoms with van der Waals surface area (Å²) in [5, 5.41) is 0. The summed E-state index contributed by atoms with van der Waals surface area (Å²) in [5.74, 6) is -1.30. The zero-order chi connectivity index (χ0) is 15.8. The number of nitrogens with zero attached hydrogens (tertiary/aromatic N) is 1. The quantitative estimate of drug-likeness (QED) is 0.697. The molecule has 114 valence electrons. The van der Waals surface area contributed by atoms with Crippen molar-refractivity contribution in [3.63, 3.8) is 0 Å². The standard InChI is InChI=1S/C15H16BrF2NO2/c1-15(2,3)21-14(20)19-7-10(8-19)4-9-5-11(17)13(16)12(18)6-9/h4-6H,7-8H2,1-3H3. The molecule has 6 heteroatoms. The van der Waals surface area contributed by atoms with Gasteiger partial charge in [-0.1, -0.05) is 6.08 Å². The number of likely N-dealkylation sites (tertiary alicyclic amines) is 1. The maximum atomic E-state index is 13.4. The fraction of sp³-hybridized carbons (Fsp3) is 0.400. The van der Waals surface area contributed by atoms with Gasteiger partial charge in [0.25, 0.3) is 0 Å². The van der Waals surface area contributed by atoms with Crippen LogP contribution < -0.4 is 0 Å². The van der Waals surface area contributed by atoms with Crippen LogP contribution in [0.15, 0.2) is 22.2 Å². The molecule has 0 atom stereocenters. The number of hydrogen-bond donors (Lipinski definition) is 0. The molecule has 0 aliphatic carbocycles. The summed E-state index contributed by atoms with van der Waals surface area (Å²) < 4.78 is 31.9. The zero-order valence-corrected chi connectivity index (χ0v) is 13.6. The van der Waals surface area contributed by atoms with Gasteiger partial charge in [-0.2, -0.15) is 0 Å². The van der Waals surface area contributed by atoms with E-state index in [1.165, 1.54) is 17.0 Å². The van der Waals surface area contributed by atoms with Crippen LogP contribution in [0.3, 0.4) is 0 Å². The topological polar surface area (TPSA) is 29.5 Å². The van der Waals surface area contributed by atoms with E-state index < -0.39 is 17.2 Å². The molecule has 1 heterocycles. The first-order valence-electron chi connectivity index (χ1n) is 6.47. The molecule has 1 aliphatic heterocycles. The summed E-state index contributed by atoms with van der Waals surface area (Å²) >= 11 is 2.83. The lowest BCUT2D eigenvalue weighted by Gasteiger charge is -2.35. The minimum atomic E-state index is -0.648. The highest BCUT2D eigenvalue weighted by molar-refractivity contribution is 9.10. The Morgan fingerprint density at radius 2 is 1.81 bits per heavy atom. The number of amides is 1. The van der Waals surface area contributed by atoms with Gasteiger partial charge in [-0.05, 0) is 60.0 Å². The van der Waals surface area contributed by atoms with E-state index in [1.54, 1.807) is 26.8 Å². The van der Waals surface area contributed by atoms with Crippen LogP contribution in [0.4, 0.5) is 13.6 Å². The number of rotatable bonds is 1. The second-order valence-corrected chi connectivity index (χ2v) is 6.73. The minimum Gasteiger partial charge on any atom is -0.444 e. The second-order valence-electron chi connectivity index (χ2n) is 5.94. The number of ether oxygens (including phenoxy) is 1. The monoisotopic (exact) mass is 359 g/mol. The summed E-state index contributed by atoms with van der Waals surface area (Å²) in [5.41, 5.74) is 0.822. The smallest absolute Gasteiger partial charge is 0.410 e. The van der Waals surface area contributed by atoms with E-state index >= 15 is 0 Å². The molecule has 3 nitrogen and oxygen atoms in total. The molecule has 21 heavy (non-hydrogen) atoms. The van der Waals surface area contributed by atoms with Crippen molar-refractivity contribution in [2.75, 3.05) is 13.1 Å². The average Bonchev–Trinajstić information content (AvgIpc) is 2.27. The molecule has 2 rings (SSSR count). The summed E-state index contributed by atoms with van der Waals surface area (Å²) in [6.45, 7) is 6.22. The molecule has 0 bridgehead atoms. The van der Waals surface area contributed by atoms with Crippen LogP contribution in [-0.4, -0.2) is 29.7 Å². The fourth-order valence-electron chi connectivity index (χ4n) is 1.89. The summed E-state index contributed by atoms with van der Waals surface area (Å²) in [4.78, 5) is 13.3. The largest absolute Gasteiger partial charge is 0.444 e. The van der Waals surface area contributed by atoms with Gasteiger partial charge in [0.15, 0.2) is 0 Å². The minimum absolute atomic E-state index is 0.173. The predicted molar refractivity (Wildman–Crippen MR) is 79.8 cm³/mol. The van der Waals surface area contributed by atoms with Gasteiger partial charge in [-0.15, -0.1) is 0 Å². The lowest BCUT2D eigenvalue weighted by atomic mass is 10.0. The third-order valence-electron chi connectivity index (χ3n) is 2.82. The summed E-state index contributed by atoms with van der Waals surface area (Å²) in [6.07, 6.45) is 1.30. The molecular weight excluding hydrogens is 344 g/mol. The average molecular weight is 360 g/mol. The highest BCUT2D eigenvalue weighted by Crippen LogP contribution is 2.25. The van der Waals surface area contributed by atoms with E-state index in [1.807, 2.05) is 0 Å². The van der Waals surface area contributed by atoms with E-state index in [2.05, 4.69) is 15.9 Å². The Balaban J connectivity index is 2.00. The maximum Gasteiger partial charge on any atom is 0.410 e. The fourth-order valence-corrected chi connectivity index (χ4v) is 2.11. The number of halogens is 3. The summed E-state index contributed by atoms with van der Waals surface area (Å²) in [6, 6.07) is 2.49. The maximum absolute atomic E-state index is 13.4. The first-order valence-corrected chi connectivity index (χ1v) is 7.27. The lowest BCUT2D eigenvalue weighted by molar-refractivity contribution is 0.0216. The van der Waals surface area contributed by atoms with E-state index in [0.717, 1.165) is 5.57 Å². The Kier molecular flexibility index (Phi) is 4.37. The van der Waals surface area contributed by atoms with Crippen LogP contribution in [0.2, 0.25) is 0 Å². The Morgan fingerprint density at radius 3 is 2.29 bits per heavy atom. The number of benzene rings is 1. The van der Waals surface area contributed by atoms with Crippen LogP contribution >= 0.6 is 15.9 Å². The number of carbonyl (C=O) groups excluding carboxylic acids is 1. The van der Waals surface area contributed by atoms with Gasteiger partial charge in [-0.25, -0.2) is 13.6 Å². The second kappa shape index (κ2) is 5.75. The Hall–Kier alpha value is -1.43. The Labute approximate surface area is 130 Å². The molecule has 1 fully saturated rings. The van der Waals surface area contributed by atoms with Gasteiger partial charge in [0.1, 0.15) is 17.2 Å². The van der Waals surface area contributed by atoms with Crippen molar-refractivity contribution in [2.45, 2.75) is 26.4 Å². The third-order valence-corrected chi connectivity index (χ3v) is 3.57. The highest BCUT2D eigenvalue weighted by Gasteiger charge is 2.29. The number of hydrogen-bond acceptors (Lipinski definition) is 2. The molecule has 1 aromatic rings. The molecule has 1 aliphatic rings. The van der Waals surface area contributed by atoms with Crippen LogP contribution in [0.25, 0.3) is 6.08 Å². The van der Waals surface area contributed by atoms with Crippen molar-refractivity contribution < 1.29 is 18.3 Å². The van der Waals surface area contributed by atoms with Gasteiger partial charge in [0.05, 0.1) is 4.47 Å². The highest BCUT2D eigenvalue weighted by atomic mass is 79.9. The molecule has 0 spiro atoms. The SMILES string of the molecule is CC(C)(C)OC(=O)N1CC(=Cc2cc(F)c(Br)c(F)c2)C1. The summed E-state index contributed by atoms with van der Waals surface area (Å²) in [7, 11) is 0. The predicted octanol–water partition coefficient (Wildman–Crippen LogP) is 4.36. The molecule has 1 aromatic carbocycles. The molecule has 0 radical (unpaired) electrons. The lowest BCUT2D eigenvalue weighted by Crippen LogP contribution is -2.46. The van der Waals surface area contributed by atoms with E-state index in [4.69, 9.17) is 4.74 Å².